The van der Waals surface area contributed by atoms with Gasteiger partial charge in [0.1, 0.15) is 11.6 Å². The molecule has 0 aromatic heterocycles. The van der Waals surface area contributed by atoms with E-state index in [9.17, 15) is 13.9 Å². The van der Waals surface area contributed by atoms with Crippen LogP contribution in [0.1, 0.15) is 23.1 Å². The number of hydrogen-bond acceptors (Lipinski definition) is 2. The number of aliphatic hydroxyl groups is 1. The highest BCUT2D eigenvalue weighted by Gasteiger charge is 2.24. The van der Waals surface area contributed by atoms with E-state index in [0.717, 1.165) is 6.07 Å². The molecule has 0 saturated heterocycles. The zero-order valence-corrected chi connectivity index (χ0v) is 12.4. The van der Waals surface area contributed by atoms with E-state index < -0.39 is 23.7 Å². The summed E-state index contributed by atoms with van der Waals surface area (Å²) in [5.74, 6) is -1.60. The van der Waals surface area contributed by atoms with Gasteiger partial charge >= 0.3 is 0 Å². The lowest BCUT2D eigenvalue weighted by molar-refractivity contribution is 0.147. The van der Waals surface area contributed by atoms with Crippen LogP contribution in [-0.2, 0) is 0 Å². The third kappa shape index (κ3) is 3.52. The van der Waals surface area contributed by atoms with Crippen molar-refractivity contribution in [2.24, 2.45) is 5.73 Å². The molecular weight excluding hydrogens is 319 g/mol. The van der Waals surface area contributed by atoms with Gasteiger partial charge in [-0.05, 0) is 35.4 Å². The van der Waals surface area contributed by atoms with Crippen LogP contribution < -0.4 is 5.73 Å². The first-order valence-electron chi connectivity index (χ1n) is 6.22. The zero-order chi connectivity index (χ0) is 15.6. The van der Waals surface area contributed by atoms with Gasteiger partial charge in [-0.15, -0.1) is 0 Å². The highest BCUT2D eigenvalue weighted by Crippen LogP contribution is 2.35. The van der Waals surface area contributed by atoms with Crippen LogP contribution in [-0.4, -0.2) is 11.7 Å². The number of halogens is 4. The summed E-state index contributed by atoms with van der Waals surface area (Å²) in [5, 5.41) is 10.5. The number of nitrogens with two attached hydrogens (primary N) is 1. The molecule has 2 nitrogen and oxygen atoms in total. The van der Waals surface area contributed by atoms with Crippen molar-refractivity contribution in [2.75, 3.05) is 6.54 Å². The van der Waals surface area contributed by atoms with Crippen molar-refractivity contribution in [3.05, 3.63) is 69.2 Å². The van der Waals surface area contributed by atoms with E-state index >= 15 is 0 Å². The van der Waals surface area contributed by atoms with Crippen molar-refractivity contribution < 1.29 is 13.9 Å². The van der Waals surface area contributed by atoms with E-state index in [-0.39, 0.29) is 16.6 Å². The van der Waals surface area contributed by atoms with Crippen LogP contribution in [0.3, 0.4) is 0 Å². The Hall–Kier alpha value is -1.20. The fourth-order valence-corrected chi connectivity index (χ4v) is 2.65. The Labute approximate surface area is 131 Å². The standard InChI is InChI=1S/C15H13Cl2F2NO/c16-12-6-9(18)2-3-10(12)11(7-20)15(21)8-1-4-14(19)13(17)5-8/h1-6,11,15,21H,7,20H2. The lowest BCUT2D eigenvalue weighted by Crippen LogP contribution is -2.20. The molecule has 2 rings (SSSR count). The predicted molar refractivity (Wildman–Crippen MR) is 79.6 cm³/mol. The molecule has 3 N–H and O–H groups in total. The molecule has 2 aromatic carbocycles. The number of aliphatic hydroxyl groups excluding tert-OH is 1. The van der Waals surface area contributed by atoms with Crippen molar-refractivity contribution in [3.8, 4) is 0 Å². The Morgan fingerprint density at radius 1 is 1.05 bits per heavy atom. The molecule has 0 aliphatic heterocycles. The average Bonchev–Trinajstić information content (AvgIpc) is 2.44. The van der Waals surface area contributed by atoms with Crippen molar-refractivity contribution >= 4 is 23.2 Å². The monoisotopic (exact) mass is 331 g/mol. The molecule has 2 aromatic rings. The van der Waals surface area contributed by atoms with Crippen molar-refractivity contribution in [1.29, 1.82) is 0 Å². The molecule has 0 bridgehead atoms. The second-order valence-corrected chi connectivity index (χ2v) is 5.44. The molecule has 0 fully saturated rings. The molecule has 0 saturated carbocycles. The first-order chi connectivity index (χ1) is 9.93. The van der Waals surface area contributed by atoms with Gasteiger partial charge in [-0.1, -0.05) is 35.3 Å². The van der Waals surface area contributed by atoms with E-state index in [4.69, 9.17) is 28.9 Å². The molecule has 2 atom stereocenters. The maximum Gasteiger partial charge on any atom is 0.141 e. The van der Waals surface area contributed by atoms with Crippen molar-refractivity contribution in [2.45, 2.75) is 12.0 Å². The van der Waals surface area contributed by atoms with Crippen LogP contribution in [0, 0.1) is 11.6 Å². The fourth-order valence-electron chi connectivity index (χ4n) is 2.16. The normalized spacial score (nSPS) is 14.0. The summed E-state index contributed by atoms with van der Waals surface area (Å²) in [6.45, 7) is 0.0848. The highest BCUT2D eigenvalue weighted by molar-refractivity contribution is 6.31. The number of hydrogen-bond donors (Lipinski definition) is 2. The van der Waals surface area contributed by atoms with E-state index in [0.29, 0.717) is 11.1 Å². The Morgan fingerprint density at radius 3 is 2.33 bits per heavy atom. The molecule has 0 amide bonds. The predicted octanol–water partition coefficient (Wildman–Crippen LogP) is 4.05. The quantitative estimate of drug-likeness (QED) is 0.887. The van der Waals surface area contributed by atoms with Gasteiger partial charge < -0.3 is 10.8 Å². The first kappa shape index (κ1) is 16.2. The lowest BCUT2D eigenvalue weighted by atomic mass is 9.89. The van der Waals surface area contributed by atoms with Crippen molar-refractivity contribution in [1.82, 2.24) is 0 Å². The van der Waals surface area contributed by atoms with Gasteiger partial charge in [0, 0.05) is 17.5 Å². The molecule has 21 heavy (non-hydrogen) atoms. The highest BCUT2D eigenvalue weighted by atomic mass is 35.5. The van der Waals surface area contributed by atoms with E-state index in [1.807, 2.05) is 0 Å². The van der Waals surface area contributed by atoms with Crippen LogP contribution >= 0.6 is 23.2 Å². The van der Waals surface area contributed by atoms with E-state index in [1.54, 1.807) is 0 Å². The van der Waals surface area contributed by atoms with Gasteiger partial charge in [-0.3, -0.25) is 0 Å². The minimum absolute atomic E-state index is 0.0848. The summed E-state index contributed by atoms with van der Waals surface area (Å²) in [7, 11) is 0. The third-order valence-electron chi connectivity index (χ3n) is 3.28. The van der Waals surface area contributed by atoms with Gasteiger partial charge in [0.25, 0.3) is 0 Å². The van der Waals surface area contributed by atoms with Gasteiger partial charge in [0.2, 0.25) is 0 Å². The number of rotatable bonds is 4. The molecule has 112 valence electrons. The average molecular weight is 332 g/mol. The maximum absolute atomic E-state index is 13.2. The van der Waals surface area contributed by atoms with Crippen LogP contribution in [0.15, 0.2) is 36.4 Å². The minimum Gasteiger partial charge on any atom is -0.388 e. The summed E-state index contributed by atoms with van der Waals surface area (Å²) in [6, 6.07) is 7.80. The minimum atomic E-state index is -1.03. The Morgan fingerprint density at radius 2 is 1.76 bits per heavy atom. The Kier molecular flexibility index (Phi) is 5.17. The Bertz CT molecular complexity index is 652. The lowest BCUT2D eigenvalue weighted by Gasteiger charge is -2.23. The van der Waals surface area contributed by atoms with Crippen LogP contribution in [0.25, 0.3) is 0 Å². The van der Waals surface area contributed by atoms with Gasteiger partial charge in [-0.2, -0.15) is 0 Å². The second kappa shape index (κ2) is 6.71. The number of benzene rings is 2. The Balaban J connectivity index is 2.37. The van der Waals surface area contributed by atoms with Gasteiger partial charge in [0.15, 0.2) is 0 Å². The SMILES string of the molecule is NCC(c1ccc(F)cc1Cl)C(O)c1ccc(F)c(Cl)c1. The largest absolute Gasteiger partial charge is 0.388 e. The summed E-state index contributed by atoms with van der Waals surface area (Å²) in [5.41, 5.74) is 6.63. The molecule has 0 radical (unpaired) electrons. The molecular formula is C15H13Cl2F2NO. The van der Waals surface area contributed by atoms with Crippen LogP contribution in [0.5, 0.6) is 0 Å². The summed E-state index contributed by atoms with van der Waals surface area (Å²) in [4.78, 5) is 0. The molecule has 0 aliphatic rings. The third-order valence-corrected chi connectivity index (χ3v) is 3.90. The fraction of sp³-hybridized carbons (Fsp3) is 0.200. The van der Waals surface area contributed by atoms with Crippen molar-refractivity contribution in [3.63, 3.8) is 0 Å². The van der Waals surface area contributed by atoms with Gasteiger partial charge in [0.05, 0.1) is 11.1 Å². The van der Waals surface area contributed by atoms with Crippen LogP contribution in [0.2, 0.25) is 10.0 Å². The van der Waals surface area contributed by atoms with E-state index in [2.05, 4.69) is 0 Å². The molecule has 0 spiro atoms. The molecule has 2 unspecified atom stereocenters. The second-order valence-electron chi connectivity index (χ2n) is 4.63. The maximum atomic E-state index is 13.2. The topological polar surface area (TPSA) is 46.2 Å². The van der Waals surface area contributed by atoms with E-state index in [1.165, 1.54) is 30.3 Å². The summed E-state index contributed by atoms with van der Waals surface area (Å²) >= 11 is 11.7. The summed E-state index contributed by atoms with van der Waals surface area (Å²) in [6.07, 6.45) is -1.03. The molecule has 0 aliphatic carbocycles. The summed E-state index contributed by atoms with van der Waals surface area (Å²) < 4.78 is 26.3. The molecule has 6 heteroatoms. The zero-order valence-electron chi connectivity index (χ0n) is 10.9. The smallest absolute Gasteiger partial charge is 0.141 e. The first-order valence-corrected chi connectivity index (χ1v) is 6.97. The van der Waals surface area contributed by atoms with Crippen LogP contribution in [0.4, 0.5) is 8.78 Å². The molecule has 0 heterocycles. The van der Waals surface area contributed by atoms with Gasteiger partial charge in [-0.25, -0.2) is 8.78 Å².